The van der Waals surface area contributed by atoms with Crippen molar-refractivity contribution in [3.05, 3.63) is 247 Å². The van der Waals surface area contributed by atoms with Crippen LogP contribution in [0.3, 0.4) is 0 Å². The summed E-state index contributed by atoms with van der Waals surface area (Å²) in [5.41, 5.74) is 13.0. The van der Waals surface area contributed by atoms with Crippen molar-refractivity contribution in [3.8, 4) is 33.4 Å². The third-order valence-electron chi connectivity index (χ3n) is 11.7. The van der Waals surface area contributed by atoms with Crippen molar-refractivity contribution < 1.29 is 13.7 Å². The Hall–Kier alpha value is -7.16. The van der Waals surface area contributed by atoms with Crippen LogP contribution in [0.2, 0.25) is 0 Å². The molecule has 0 saturated carbocycles. The first-order chi connectivity index (χ1) is 34.9. The number of benzene rings is 6. The van der Waals surface area contributed by atoms with E-state index in [2.05, 4.69) is 149 Å². The van der Waals surface area contributed by atoms with Gasteiger partial charge in [0.15, 0.2) is 0 Å². The molecule has 0 bridgehead atoms. The van der Waals surface area contributed by atoms with Crippen molar-refractivity contribution in [2.75, 3.05) is 9.80 Å². The highest BCUT2D eigenvalue weighted by atomic mass is 15.2. The van der Waals surface area contributed by atoms with Crippen LogP contribution in [0.15, 0.2) is 236 Å². The summed E-state index contributed by atoms with van der Waals surface area (Å²) in [5, 5.41) is 0. The highest BCUT2D eigenvalue weighted by Crippen LogP contribution is 2.37. The monoisotopic (exact) mass is 810 g/mol. The molecule has 2 nitrogen and oxygen atoms in total. The molecule has 0 amide bonds. The van der Waals surface area contributed by atoms with Crippen molar-refractivity contribution in [1.29, 1.82) is 0 Å². The van der Waals surface area contributed by atoms with Gasteiger partial charge in [-0.15, -0.1) is 0 Å². The summed E-state index contributed by atoms with van der Waals surface area (Å²) in [6.45, 7) is 0. The van der Waals surface area contributed by atoms with Gasteiger partial charge in [0.2, 0.25) is 0 Å². The maximum atomic E-state index is 8.59. The van der Waals surface area contributed by atoms with Gasteiger partial charge in [0, 0.05) is 38.5 Å². The molecule has 2 heteroatoms. The second kappa shape index (κ2) is 18.2. The molecule has 6 aromatic rings. The average molecular weight is 811 g/mol. The molecule has 5 unspecified atom stereocenters. The molecule has 5 atom stereocenters. The van der Waals surface area contributed by atoms with E-state index in [1.165, 1.54) is 0 Å². The Morgan fingerprint density at radius 3 is 1.61 bits per heavy atom. The average Bonchev–Trinajstić information content (AvgIpc) is 3.43. The minimum absolute atomic E-state index is 0.0632. The largest absolute Gasteiger partial charge is 0.334 e. The first-order valence-corrected chi connectivity index (χ1v) is 21.3. The summed E-state index contributed by atoms with van der Waals surface area (Å²) in [5.74, 6) is -0.772. The van der Waals surface area contributed by atoms with Crippen LogP contribution in [0.1, 0.15) is 69.2 Å². The Labute approximate surface area is 382 Å². The number of anilines is 4. The van der Waals surface area contributed by atoms with Gasteiger partial charge < -0.3 is 9.80 Å². The molecule has 0 saturated heterocycles. The molecule has 0 radical (unpaired) electrons. The van der Waals surface area contributed by atoms with E-state index in [1.807, 2.05) is 48.5 Å². The molecule has 0 aliphatic heterocycles. The van der Waals surface area contributed by atoms with E-state index < -0.39 is 25.1 Å². The first kappa shape index (κ1) is 29.2. The number of hydrogen-bond donors (Lipinski definition) is 0. The minimum atomic E-state index is -1.23. The first-order valence-electron chi connectivity index (χ1n) is 26.5. The number of hydrogen-bond acceptors (Lipinski definition) is 2. The van der Waals surface area contributed by atoms with Crippen LogP contribution in [-0.4, -0.2) is 6.04 Å². The lowest BCUT2D eigenvalue weighted by Gasteiger charge is -2.33. The van der Waals surface area contributed by atoms with Gasteiger partial charge in [-0.2, -0.15) is 0 Å². The molecule has 0 spiro atoms. The summed E-state index contributed by atoms with van der Waals surface area (Å²) in [7, 11) is 0. The van der Waals surface area contributed by atoms with Gasteiger partial charge in [-0.3, -0.25) is 0 Å². The highest BCUT2D eigenvalue weighted by molar-refractivity contribution is 5.79. The van der Waals surface area contributed by atoms with Crippen molar-refractivity contribution >= 4 is 28.3 Å². The summed E-state index contributed by atoms with van der Waals surface area (Å²) >= 11 is 0. The maximum absolute atomic E-state index is 8.59. The molecule has 0 N–H and O–H groups in total. The smallest absolute Gasteiger partial charge is 0.0626 e. The standard InChI is InChI=1S/C60H52N2/c1-5-13-45(14-6-1)51-29-37-57(38-30-51)61(55-17-9-3-10-18-55)59-41-33-53(34-42-59)49-25-21-47(22-26-49)48-23-27-50(28-24-48)54-35-43-60(44-36-54)62(56-19-11-4-12-20-56)58-39-31-52(32-40-58)46-15-7-2-8-16-46/h1,4-7,9,11-13,15-19,21-45,56H,2-3,8,10,14,20H2/i1D,2D,5D,6D,7D,8D,13D,14D,15D,16D. The second-order valence-corrected chi connectivity index (χ2v) is 15.6. The van der Waals surface area contributed by atoms with Crippen LogP contribution >= 0.6 is 0 Å². The summed E-state index contributed by atoms with van der Waals surface area (Å²) < 4.78 is 83.1. The van der Waals surface area contributed by atoms with E-state index in [9.17, 15) is 0 Å². The number of rotatable bonds is 11. The summed E-state index contributed by atoms with van der Waals surface area (Å²) in [4.78, 5) is 4.46. The van der Waals surface area contributed by atoms with E-state index in [-0.39, 0.29) is 54.0 Å². The fourth-order valence-corrected chi connectivity index (χ4v) is 8.42. The maximum Gasteiger partial charge on any atom is 0.0626 e. The fourth-order valence-electron chi connectivity index (χ4n) is 8.42. The van der Waals surface area contributed by atoms with Gasteiger partial charge in [0.25, 0.3) is 0 Å². The molecule has 302 valence electrons. The van der Waals surface area contributed by atoms with Crippen molar-refractivity contribution in [2.24, 2.45) is 0 Å². The Bertz CT molecular complexity index is 3260. The third kappa shape index (κ3) is 8.55. The fraction of sp³-hybridized carbons (Fsp3) is 0.133. The van der Waals surface area contributed by atoms with Crippen molar-refractivity contribution in [2.45, 2.75) is 50.4 Å². The third-order valence-corrected chi connectivity index (χ3v) is 11.7. The molecule has 10 rings (SSSR count). The second-order valence-electron chi connectivity index (χ2n) is 15.6. The molecular formula is C60H52N2. The van der Waals surface area contributed by atoms with E-state index in [0.29, 0.717) is 11.1 Å². The lowest BCUT2D eigenvalue weighted by Crippen LogP contribution is -2.29. The molecule has 4 aliphatic carbocycles. The van der Waals surface area contributed by atoms with E-state index in [4.69, 9.17) is 13.7 Å². The Morgan fingerprint density at radius 1 is 0.516 bits per heavy atom. The molecular weight excluding hydrogens is 749 g/mol. The van der Waals surface area contributed by atoms with Gasteiger partial charge in [0.05, 0.1) is 15.6 Å². The molecule has 62 heavy (non-hydrogen) atoms. The molecule has 6 aromatic carbocycles. The van der Waals surface area contributed by atoms with Crippen molar-refractivity contribution in [3.63, 3.8) is 0 Å². The van der Waals surface area contributed by atoms with Gasteiger partial charge in [0.1, 0.15) is 0 Å². The normalized spacial score (nSPS) is 24.7. The lowest BCUT2D eigenvalue weighted by molar-refractivity contribution is 0.785. The number of allylic oxidation sites excluding steroid dienone is 13. The summed E-state index contributed by atoms with van der Waals surface area (Å²) in [6, 6.07) is 48.2. The van der Waals surface area contributed by atoms with Crippen LogP contribution in [0, 0.1) is 0 Å². The molecule has 0 heterocycles. The SMILES string of the molecule is [2H]C1=C([2H])C([2H])C([2H])C([2H])=C1c1ccc(N(c2ccc(-c3ccc(-c4ccc(-c5ccc(N(C6=CCCC=C6)c6ccc(C7C([2H])=C([2H])C([2H])=C([2H])C7[2H])cc6)cc5)cc4)cc3)cc2)C2C=CC=CC2)cc1. The van der Waals surface area contributed by atoms with E-state index >= 15 is 0 Å². The molecule has 4 aliphatic rings. The number of nitrogens with zero attached hydrogens (tertiary/aromatic N) is 2. The molecule has 0 aromatic heterocycles. The van der Waals surface area contributed by atoms with Gasteiger partial charge in [-0.05, 0) is 143 Å². The van der Waals surface area contributed by atoms with Crippen LogP contribution < -0.4 is 9.80 Å². The predicted octanol–water partition coefficient (Wildman–Crippen LogP) is 16.4. The van der Waals surface area contributed by atoms with E-state index in [1.54, 1.807) is 0 Å². The summed E-state index contributed by atoms with van der Waals surface area (Å²) in [6.07, 6.45) is 14.2. The Morgan fingerprint density at radius 2 is 1.06 bits per heavy atom. The Kier molecular flexibility index (Phi) is 8.57. The quantitative estimate of drug-likeness (QED) is 0.129. The van der Waals surface area contributed by atoms with Gasteiger partial charge in [-0.1, -0.05) is 176 Å². The molecule has 0 fully saturated rings. The zero-order chi connectivity index (χ0) is 50.2. The van der Waals surface area contributed by atoms with Gasteiger partial charge in [-0.25, -0.2) is 0 Å². The topological polar surface area (TPSA) is 6.48 Å². The predicted molar refractivity (Wildman–Crippen MR) is 265 cm³/mol. The zero-order valence-electron chi connectivity index (χ0n) is 44.3. The zero-order valence-corrected chi connectivity index (χ0v) is 34.3. The Balaban J connectivity index is 0.836. The van der Waals surface area contributed by atoms with Crippen LogP contribution in [0.25, 0.3) is 39.0 Å². The minimum Gasteiger partial charge on any atom is -0.334 e. The van der Waals surface area contributed by atoms with Crippen LogP contribution in [0.4, 0.5) is 22.7 Å². The van der Waals surface area contributed by atoms with Crippen molar-refractivity contribution in [1.82, 2.24) is 0 Å². The van der Waals surface area contributed by atoms with Crippen LogP contribution in [-0.2, 0) is 0 Å². The lowest BCUT2D eigenvalue weighted by atomic mass is 9.92. The van der Waals surface area contributed by atoms with Crippen LogP contribution in [0.5, 0.6) is 0 Å². The van der Waals surface area contributed by atoms with E-state index in [0.717, 1.165) is 81.1 Å². The highest BCUT2D eigenvalue weighted by Gasteiger charge is 2.20. The van der Waals surface area contributed by atoms with Gasteiger partial charge >= 0.3 is 0 Å².